The average molecular weight is 286 g/mol. The van der Waals surface area contributed by atoms with Crippen molar-refractivity contribution in [1.29, 1.82) is 0 Å². The quantitative estimate of drug-likeness (QED) is 0.532. The van der Waals surface area contributed by atoms with Crippen LogP contribution in [-0.4, -0.2) is 22.2 Å². The SMILES string of the molecule is Cn1c(=O)n(C2CCCNC2)c2ccc(CN=[N+]=[N-])cc21. The van der Waals surface area contributed by atoms with E-state index in [2.05, 4.69) is 15.3 Å². The van der Waals surface area contributed by atoms with Gasteiger partial charge in [-0.3, -0.25) is 9.13 Å². The lowest BCUT2D eigenvalue weighted by Gasteiger charge is -2.24. The number of nitrogens with zero attached hydrogens (tertiary/aromatic N) is 5. The zero-order chi connectivity index (χ0) is 14.8. The van der Waals surface area contributed by atoms with E-state index in [9.17, 15) is 4.79 Å². The van der Waals surface area contributed by atoms with Crippen LogP contribution in [0.5, 0.6) is 0 Å². The van der Waals surface area contributed by atoms with Crippen LogP contribution in [0, 0.1) is 0 Å². The molecule has 110 valence electrons. The molecule has 0 bridgehead atoms. The maximum absolute atomic E-state index is 12.5. The average Bonchev–Trinajstić information content (AvgIpc) is 2.78. The van der Waals surface area contributed by atoms with Crippen molar-refractivity contribution in [3.8, 4) is 0 Å². The summed E-state index contributed by atoms with van der Waals surface area (Å²) in [4.78, 5) is 15.3. The van der Waals surface area contributed by atoms with Crippen LogP contribution in [0.25, 0.3) is 21.5 Å². The van der Waals surface area contributed by atoms with Gasteiger partial charge in [0.25, 0.3) is 0 Å². The number of imidazole rings is 1. The number of fused-ring (bicyclic) bond motifs is 1. The first kappa shape index (κ1) is 13.7. The van der Waals surface area contributed by atoms with E-state index < -0.39 is 0 Å². The molecule has 7 heteroatoms. The summed E-state index contributed by atoms with van der Waals surface area (Å²) < 4.78 is 3.56. The second-order valence-corrected chi connectivity index (χ2v) is 5.42. The van der Waals surface area contributed by atoms with Crippen LogP contribution in [0.2, 0.25) is 0 Å². The van der Waals surface area contributed by atoms with Crippen molar-refractivity contribution in [1.82, 2.24) is 14.5 Å². The monoisotopic (exact) mass is 286 g/mol. The molecule has 3 rings (SSSR count). The number of benzene rings is 1. The number of hydrogen-bond acceptors (Lipinski definition) is 3. The number of nitrogens with one attached hydrogen (secondary N) is 1. The zero-order valence-corrected chi connectivity index (χ0v) is 12.0. The molecular formula is C14H18N6O. The van der Waals surface area contributed by atoms with Crippen molar-refractivity contribution in [2.45, 2.75) is 25.4 Å². The van der Waals surface area contributed by atoms with Gasteiger partial charge in [0.05, 0.1) is 23.6 Å². The second kappa shape index (κ2) is 5.63. The Morgan fingerprint density at radius 3 is 3.05 bits per heavy atom. The standard InChI is InChI=1S/C14H18N6O/c1-19-13-7-10(8-17-18-15)4-5-12(13)20(14(19)21)11-3-2-6-16-9-11/h4-5,7,11,16H,2-3,6,8-9H2,1H3. The Morgan fingerprint density at radius 2 is 2.33 bits per heavy atom. The highest BCUT2D eigenvalue weighted by atomic mass is 16.1. The molecule has 1 aromatic carbocycles. The maximum atomic E-state index is 12.5. The third kappa shape index (κ3) is 2.41. The van der Waals surface area contributed by atoms with Crippen LogP contribution in [0.1, 0.15) is 24.4 Å². The third-order valence-corrected chi connectivity index (χ3v) is 4.11. The first-order valence-electron chi connectivity index (χ1n) is 7.14. The molecule has 1 saturated heterocycles. The van der Waals surface area contributed by atoms with Gasteiger partial charge in [-0.1, -0.05) is 11.2 Å². The van der Waals surface area contributed by atoms with Crippen LogP contribution in [0.3, 0.4) is 0 Å². The van der Waals surface area contributed by atoms with Crippen molar-refractivity contribution in [2.75, 3.05) is 13.1 Å². The van der Waals surface area contributed by atoms with Gasteiger partial charge in [-0.15, -0.1) is 0 Å². The summed E-state index contributed by atoms with van der Waals surface area (Å²) in [5, 5.41) is 6.92. The summed E-state index contributed by atoms with van der Waals surface area (Å²) in [6.07, 6.45) is 2.11. The molecule has 0 spiro atoms. The topological polar surface area (TPSA) is 87.7 Å². The molecule has 1 fully saturated rings. The summed E-state index contributed by atoms with van der Waals surface area (Å²) in [5.41, 5.74) is 11.2. The molecule has 0 aliphatic carbocycles. The molecule has 2 heterocycles. The minimum Gasteiger partial charge on any atom is -0.315 e. The Balaban J connectivity index is 2.10. The van der Waals surface area contributed by atoms with Crippen LogP contribution < -0.4 is 11.0 Å². The number of aromatic nitrogens is 2. The molecule has 0 radical (unpaired) electrons. The van der Waals surface area contributed by atoms with Gasteiger partial charge in [-0.2, -0.15) is 0 Å². The van der Waals surface area contributed by atoms with Crippen LogP contribution in [-0.2, 0) is 13.6 Å². The van der Waals surface area contributed by atoms with E-state index in [0.717, 1.165) is 42.5 Å². The molecule has 21 heavy (non-hydrogen) atoms. The first-order valence-corrected chi connectivity index (χ1v) is 7.14. The van der Waals surface area contributed by atoms with Crippen molar-refractivity contribution < 1.29 is 0 Å². The Morgan fingerprint density at radius 1 is 1.48 bits per heavy atom. The fourth-order valence-electron chi connectivity index (χ4n) is 3.03. The summed E-state index contributed by atoms with van der Waals surface area (Å²) in [7, 11) is 1.79. The van der Waals surface area contributed by atoms with E-state index in [-0.39, 0.29) is 11.7 Å². The van der Waals surface area contributed by atoms with Gasteiger partial charge in [0.15, 0.2) is 0 Å². The minimum atomic E-state index is 0.0136. The summed E-state index contributed by atoms with van der Waals surface area (Å²) in [5.74, 6) is 0. The molecule has 2 aromatic rings. The molecule has 1 atom stereocenters. The lowest BCUT2D eigenvalue weighted by Crippen LogP contribution is -2.36. The highest BCUT2D eigenvalue weighted by Crippen LogP contribution is 2.22. The minimum absolute atomic E-state index is 0.0136. The molecule has 7 nitrogen and oxygen atoms in total. The Labute approximate surface area is 121 Å². The van der Waals surface area contributed by atoms with E-state index in [4.69, 9.17) is 5.53 Å². The van der Waals surface area contributed by atoms with E-state index in [1.807, 2.05) is 22.8 Å². The molecule has 0 saturated carbocycles. The van der Waals surface area contributed by atoms with Gasteiger partial charge in [-0.05, 0) is 42.6 Å². The highest BCUT2D eigenvalue weighted by Gasteiger charge is 2.21. The van der Waals surface area contributed by atoms with Gasteiger partial charge in [0, 0.05) is 18.5 Å². The summed E-state index contributed by atoms with van der Waals surface area (Å²) in [6.45, 7) is 2.16. The number of aryl methyl sites for hydroxylation is 1. The van der Waals surface area contributed by atoms with Crippen molar-refractivity contribution >= 4 is 11.0 Å². The fraction of sp³-hybridized carbons (Fsp3) is 0.500. The molecule has 1 N–H and O–H groups in total. The van der Waals surface area contributed by atoms with Gasteiger partial charge in [0.2, 0.25) is 0 Å². The number of azide groups is 1. The van der Waals surface area contributed by atoms with Crippen molar-refractivity contribution in [2.24, 2.45) is 12.2 Å². The van der Waals surface area contributed by atoms with Gasteiger partial charge in [-0.25, -0.2) is 4.79 Å². The van der Waals surface area contributed by atoms with E-state index in [1.54, 1.807) is 11.6 Å². The van der Waals surface area contributed by atoms with Crippen LogP contribution in [0.4, 0.5) is 0 Å². The predicted molar refractivity (Wildman–Crippen MR) is 81.2 cm³/mol. The Bertz CT molecular complexity index is 762. The van der Waals surface area contributed by atoms with E-state index in [0.29, 0.717) is 6.54 Å². The second-order valence-electron chi connectivity index (χ2n) is 5.42. The first-order chi connectivity index (χ1) is 10.2. The molecule has 1 aromatic heterocycles. The van der Waals surface area contributed by atoms with Crippen molar-refractivity contribution in [3.05, 3.63) is 44.7 Å². The smallest absolute Gasteiger partial charge is 0.315 e. The van der Waals surface area contributed by atoms with E-state index >= 15 is 0 Å². The summed E-state index contributed by atoms with van der Waals surface area (Å²) in [6, 6.07) is 6.01. The maximum Gasteiger partial charge on any atom is 0.329 e. The normalized spacial score (nSPS) is 18.6. The lowest BCUT2D eigenvalue weighted by atomic mass is 10.1. The molecule has 0 amide bonds. The van der Waals surface area contributed by atoms with Gasteiger partial charge in [0.1, 0.15) is 0 Å². The number of hydrogen-bond donors (Lipinski definition) is 1. The highest BCUT2D eigenvalue weighted by molar-refractivity contribution is 5.77. The molecular weight excluding hydrogens is 268 g/mol. The third-order valence-electron chi connectivity index (χ3n) is 4.11. The zero-order valence-electron chi connectivity index (χ0n) is 12.0. The molecule has 1 aliphatic heterocycles. The largest absolute Gasteiger partial charge is 0.329 e. The fourth-order valence-corrected chi connectivity index (χ4v) is 3.03. The van der Waals surface area contributed by atoms with Gasteiger partial charge < -0.3 is 5.32 Å². The van der Waals surface area contributed by atoms with Crippen molar-refractivity contribution in [3.63, 3.8) is 0 Å². The van der Waals surface area contributed by atoms with Crippen LogP contribution in [0.15, 0.2) is 28.1 Å². The van der Waals surface area contributed by atoms with E-state index in [1.165, 1.54) is 0 Å². The molecule has 1 unspecified atom stereocenters. The predicted octanol–water partition coefficient (Wildman–Crippen LogP) is 2.07. The molecule has 1 aliphatic rings. The van der Waals surface area contributed by atoms with Crippen LogP contribution >= 0.6 is 0 Å². The Kier molecular flexibility index (Phi) is 3.68. The van der Waals surface area contributed by atoms with Gasteiger partial charge >= 0.3 is 5.69 Å². The summed E-state index contributed by atoms with van der Waals surface area (Å²) >= 11 is 0. The Hall–Kier alpha value is -2.24. The lowest BCUT2D eigenvalue weighted by molar-refractivity contribution is 0.369. The number of piperidine rings is 1. The number of rotatable bonds is 3.